The molecule has 9 nitrogen and oxygen atoms in total. The largest absolute Gasteiger partial charge is 0.496 e. The molecule has 0 fully saturated rings. The third kappa shape index (κ3) is 8.42. The lowest BCUT2D eigenvalue weighted by atomic mass is 10.1. The van der Waals surface area contributed by atoms with Crippen LogP contribution < -0.4 is 30.2 Å². The number of anilines is 2. The zero-order chi connectivity index (χ0) is 31.5. The minimum absolute atomic E-state index is 0.0194. The maximum Gasteiger partial charge on any atom is 0.272 e. The molecule has 1 unspecified atom stereocenters. The van der Waals surface area contributed by atoms with Gasteiger partial charge in [-0.2, -0.15) is 0 Å². The molecule has 4 rings (SSSR count). The topological polar surface area (TPSA) is 115 Å². The fourth-order valence-electron chi connectivity index (χ4n) is 4.10. The standard InChI is InChI=1S/C34H33N3O6S/c1-22(32(38)35-25-13-9-6-10-14-25)44-27-17-15-26(16-18-27)36-34(40)28(37-33(39)23-11-7-5-8-12-23)19-24-20-30(42-3)31(43-4)21-29(24)41-2/h5-22H,1-4H3,(H,35,38)(H,36,40)(H,37,39)/b28-19-. The lowest BCUT2D eigenvalue weighted by Gasteiger charge is -2.15. The first kappa shape index (κ1) is 31.7. The number of hydrogen-bond donors (Lipinski definition) is 3. The van der Waals surface area contributed by atoms with E-state index in [0.29, 0.717) is 34.1 Å². The summed E-state index contributed by atoms with van der Waals surface area (Å²) < 4.78 is 16.3. The molecular weight excluding hydrogens is 578 g/mol. The van der Waals surface area contributed by atoms with Gasteiger partial charge in [-0.3, -0.25) is 14.4 Å². The van der Waals surface area contributed by atoms with Gasteiger partial charge in [0, 0.05) is 33.5 Å². The van der Waals surface area contributed by atoms with Crippen LogP contribution >= 0.6 is 11.8 Å². The Morgan fingerprint density at radius 1 is 0.705 bits per heavy atom. The van der Waals surface area contributed by atoms with Gasteiger partial charge in [0.05, 0.1) is 26.6 Å². The summed E-state index contributed by atoms with van der Waals surface area (Å²) in [6.45, 7) is 1.83. The molecule has 0 aliphatic carbocycles. The first-order chi connectivity index (χ1) is 21.3. The number of thioether (sulfide) groups is 1. The fraction of sp³-hybridized carbons (Fsp3) is 0.147. The molecule has 0 aliphatic heterocycles. The van der Waals surface area contributed by atoms with E-state index >= 15 is 0 Å². The third-order valence-electron chi connectivity index (χ3n) is 6.40. The highest BCUT2D eigenvalue weighted by Gasteiger charge is 2.19. The predicted molar refractivity (Wildman–Crippen MR) is 173 cm³/mol. The van der Waals surface area contributed by atoms with Crippen LogP contribution in [0.5, 0.6) is 17.2 Å². The van der Waals surface area contributed by atoms with Gasteiger partial charge < -0.3 is 30.2 Å². The Morgan fingerprint density at radius 2 is 1.27 bits per heavy atom. The molecule has 10 heteroatoms. The van der Waals surface area contributed by atoms with E-state index < -0.39 is 11.8 Å². The van der Waals surface area contributed by atoms with Crippen molar-refractivity contribution in [2.24, 2.45) is 0 Å². The summed E-state index contributed by atoms with van der Waals surface area (Å²) in [5.74, 6) is 0.156. The van der Waals surface area contributed by atoms with Crippen molar-refractivity contribution in [3.63, 3.8) is 0 Å². The van der Waals surface area contributed by atoms with E-state index in [-0.39, 0.29) is 16.9 Å². The molecule has 0 spiro atoms. The summed E-state index contributed by atoms with van der Waals surface area (Å²) in [6, 6.07) is 28.2. The van der Waals surface area contributed by atoms with Crippen molar-refractivity contribution in [3.05, 3.63) is 114 Å². The second-order valence-corrected chi connectivity index (χ2v) is 10.8. The van der Waals surface area contributed by atoms with Crippen LogP contribution in [0.25, 0.3) is 6.08 Å². The summed E-state index contributed by atoms with van der Waals surface area (Å²) in [6.07, 6.45) is 1.51. The van der Waals surface area contributed by atoms with E-state index in [1.807, 2.05) is 49.4 Å². The van der Waals surface area contributed by atoms with Gasteiger partial charge in [0.25, 0.3) is 11.8 Å². The van der Waals surface area contributed by atoms with E-state index in [0.717, 1.165) is 10.6 Å². The Balaban J connectivity index is 1.53. The maximum atomic E-state index is 13.5. The number of rotatable bonds is 12. The number of hydrogen-bond acceptors (Lipinski definition) is 7. The van der Waals surface area contributed by atoms with Crippen molar-refractivity contribution >= 4 is 46.9 Å². The summed E-state index contributed by atoms with van der Waals surface area (Å²) in [5, 5.41) is 8.11. The van der Waals surface area contributed by atoms with Crippen molar-refractivity contribution in [2.45, 2.75) is 17.1 Å². The highest BCUT2D eigenvalue weighted by molar-refractivity contribution is 8.00. The predicted octanol–water partition coefficient (Wildman–Crippen LogP) is 6.24. The van der Waals surface area contributed by atoms with Crippen molar-refractivity contribution in [1.82, 2.24) is 5.32 Å². The highest BCUT2D eigenvalue weighted by atomic mass is 32.2. The van der Waals surface area contributed by atoms with Crippen molar-refractivity contribution < 1.29 is 28.6 Å². The zero-order valence-corrected chi connectivity index (χ0v) is 25.6. The zero-order valence-electron chi connectivity index (χ0n) is 24.8. The summed E-state index contributed by atoms with van der Waals surface area (Å²) in [4.78, 5) is 40.1. The number of benzene rings is 4. The smallest absolute Gasteiger partial charge is 0.272 e. The monoisotopic (exact) mass is 611 g/mol. The van der Waals surface area contributed by atoms with Gasteiger partial charge >= 0.3 is 0 Å². The molecule has 0 aliphatic rings. The van der Waals surface area contributed by atoms with Gasteiger partial charge in [-0.25, -0.2) is 0 Å². The van der Waals surface area contributed by atoms with Crippen LogP contribution in [-0.2, 0) is 9.59 Å². The fourth-order valence-corrected chi connectivity index (χ4v) is 4.97. The minimum atomic E-state index is -0.554. The number of methoxy groups -OCH3 is 3. The molecule has 44 heavy (non-hydrogen) atoms. The number of carbonyl (C=O) groups is 3. The quantitative estimate of drug-likeness (QED) is 0.128. The number of para-hydroxylation sites is 1. The van der Waals surface area contributed by atoms with Crippen LogP contribution in [0.2, 0.25) is 0 Å². The minimum Gasteiger partial charge on any atom is -0.496 e. The first-order valence-corrected chi connectivity index (χ1v) is 14.5. The molecule has 226 valence electrons. The average molecular weight is 612 g/mol. The molecule has 3 N–H and O–H groups in total. The SMILES string of the molecule is COc1cc(OC)c(OC)cc1/C=C(\NC(=O)c1ccccc1)C(=O)Nc1ccc(SC(C)C(=O)Nc2ccccc2)cc1. The van der Waals surface area contributed by atoms with Crippen LogP contribution in [0, 0.1) is 0 Å². The van der Waals surface area contributed by atoms with Gasteiger partial charge in [0.15, 0.2) is 11.5 Å². The molecule has 1 atom stereocenters. The lowest BCUT2D eigenvalue weighted by Crippen LogP contribution is -2.30. The molecular formula is C34H33N3O6S. The van der Waals surface area contributed by atoms with E-state index in [9.17, 15) is 14.4 Å². The van der Waals surface area contributed by atoms with Crippen molar-refractivity contribution in [1.29, 1.82) is 0 Å². The van der Waals surface area contributed by atoms with E-state index in [1.54, 1.807) is 54.6 Å². The normalized spacial score (nSPS) is 11.6. The molecule has 0 aromatic heterocycles. The molecule has 0 saturated heterocycles. The van der Waals surface area contributed by atoms with Gasteiger partial charge in [-0.15, -0.1) is 11.8 Å². The van der Waals surface area contributed by atoms with Crippen molar-refractivity contribution in [2.75, 3.05) is 32.0 Å². The Labute approximate surface area is 260 Å². The molecule has 0 saturated carbocycles. The van der Waals surface area contributed by atoms with Gasteiger partial charge in [0.2, 0.25) is 5.91 Å². The van der Waals surface area contributed by atoms with Gasteiger partial charge in [0.1, 0.15) is 11.4 Å². The van der Waals surface area contributed by atoms with E-state index in [1.165, 1.54) is 39.2 Å². The second kappa shape index (κ2) is 15.3. The molecule has 4 aromatic carbocycles. The van der Waals surface area contributed by atoms with E-state index in [4.69, 9.17) is 14.2 Å². The van der Waals surface area contributed by atoms with Crippen molar-refractivity contribution in [3.8, 4) is 17.2 Å². The highest BCUT2D eigenvalue weighted by Crippen LogP contribution is 2.35. The molecule has 3 amide bonds. The summed E-state index contributed by atoms with van der Waals surface area (Å²) >= 11 is 1.39. The number of nitrogens with one attached hydrogen (secondary N) is 3. The molecule has 0 bridgehead atoms. The number of amides is 3. The molecule has 4 aromatic rings. The van der Waals surface area contributed by atoms with Gasteiger partial charge in [-0.1, -0.05) is 36.4 Å². The first-order valence-electron chi connectivity index (χ1n) is 13.6. The summed E-state index contributed by atoms with van der Waals surface area (Å²) in [5.41, 5.74) is 2.08. The number of carbonyl (C=O) groups excluding carboxylic acids is 3. The van der Waals surface area contributed by atoms with Crippen LogP contribution in [0.15, 0.2) is 108 Å². The van der Waals surface area contributed by atoms with Gasteiger partial charge in [-0.05, 0) is 67.6 Å². The third-order valence-corrected chi connectivity index (χ3v) is 7.51. The molecule has 0 radical (unpaired) electrons. The van der Waals surface area contributed by atoms with Crippen LogP contribution in [-0.4, -0.2) is 44.3 Å². The van der Waals surface area contributed by atoms with Crippen LogP contribution in [0.3, 0.4) is 0 Å². The number of ether oxygens (including phenoxy) is 3. The lowest BCUT2D eigenvalue weighted by molar-refractivity contribution is -0.115. The Morgan fingerprint density at radius 3 is 1.89 bits per heavy atom. The van der Waals surface area contributed by atoms with Crippen LogP contribution in [0.1, 0.15) is 22.8 Å². The Kier molecular flexibility index (Phi) is 11.0. The maximum absolute atomic E-state index is 13.5. The van der Waals surface area contributed by atoms with Crippen LogP contribution in [0.4, 0.5) is 11.4 Å². The van der Waals surface area contributed by atoms with E-state index in [2.05, 4.69) is 16.0 Å². The average Bonchev–Trinajstić information content (AvgIpc) is 3.05. The molecule has 0 heterocycles. The second-order valence-electron chi connectivity index (χ2n) is 9.42. The Hall–Kier alpha value is -5.22. The summed E-state index contributed by atoms with van der Waals surface area (Å²) in [7, 11) is 4.50. The Bertz CT molecular complexity index is 1630.